The molecule has 3 aromatic rings. The van der Waals surface area contributed by atoms with E-state index in [2.05, 4.69) is 30.9 Å². The van der Waals surface area contributed by atoms with Gasteiger partial charge in [-0.15, -0.1) is 0 Å². The minimum atomic E-state index is -0.313. The molecule has 0 saturated carbocycles. The molecule has 0 aliphatic heterocycles. The smallest absolute Gasteiger partial charge is 0.315 e. The van der Waals surface area contributed by atoms with E-state index in [-0.39, 0.29) is 11.9 Å². The van der Waals surface area contributed by atoms with Crippen LogP contribution in [0.2, 0.25) is 0 Å². The summed E-state index contributed by atoms with van der Waals surface area (Å²) in [6, 6.07) is 6.75. The Morgan fingerprint density at radius 1 is 1.00 bits per heavy atom. The number of rotatable bonds is 7. The molecular formula is C18H19N7O2. The highest BCUT2D eigenvalue weighted by Gasteiger charge is 2.05. The molecule has 0 fully saturated rings. The van der Waals surface area contributed by atoms with E-state index >= 15 is 0 Å². The largest absolute Gasteiger partial charge is 0.350 e. The fraction of sp³-hybridized carbons (Fsp3) is 0.167. The third-order valence-corrected chi connectivity index (χ3v) is 3.65. The molecule has 0 radical (unpaired) electrons. The van der Waals surface area contributed by atoms with Crippen molar-refractivity contribution in [1.82, 2.24) is 35.5 Å². The predicted molar refractivity (Wildman–Crippen MR) is 98.2 cm³/mol. The second kappa shape index (κ2) is 9.09. The fourth-order valence-electron chi connectivity index (χ4n) is 2.30. The number of aromatic nitrogens is 4. The Morgan fingerprint density at radius 2 is 1.89 bits per heavy atom. The standard InChI is InChI=1S/C18H19N7O2/c26-17(15-2-1-4-19-12-15)22-6-7-23-18(27)24-11-14-3-5-21-16(10-14)25-9-8-20-13-25/h1-5,8-10,12-13H,6-7,11H2,(H,22,26)(H2,23,24,27). The molecule has 3 heterocycles. The molecule has 0 aliphatic carbocycles. The molecule has 0 atom stereocenters. The highest BCUT2D eigenvalue weighted by Crippen LogP contribution is 2.06. The number of amides is 3. The lowest BCUT2D eigenvalue weighted by atomic mass is 10.2. The summed E-state index contributed by atoms with van der Waals surface area (Å²) >= 11 is 0. The lowest BCUT2D eigenvalue weighted by Crippen LogP contribution is -2.40. The Hall–Kier alpha value is -3.75. The summed E-state index contributed by atoms with van der Waals surface area (Å²) < 4.78 is 1.79. The Kier molecular flexibility index (Phi) is 6.08. The maximum atomic E-state index is 11.9. The molecule has 3 amide bonds. The summed E-state index contributed by atoms with van der Waals surface area (Å²) in [4.78, 5) is 35.8. The summed E-state index contributed by atoms with van der Waals surface area (Å²) in [5.74, 6) is 0.499. The number of imidazole rings is 1. The van der Waals surface area contributed by atoms with E-state index in [4.69, 9.17) is 0 Å². The molecule has 27 heavy (non-hydrogen) atoms. The minimum Gasteiger partial charge on any atom is -0.350 e. The van der Waals surface area contributed by atoms with Crippen LogP contribution in [0.5, 0.6) is 0 Å². The molecule has 9 nitrogen and oxygen atoms in total. The summed E-state index contributed by atoms with van der Waals surface area (Å²) in [5, 5.41) is 8.17. The van der Waals surface area contributed by atoms with E-state index in [0.29, 0.717) is 25.2 Å². The number of hydrogen-bond donors (Lipinski definition) is 3. The van der Waals surface area contributed by atoms with Crippen LogP contribution in [-0.2, 0) is 6.54 Å². The molecule has 0 aromatic carbocycles. The van der Waals surface area contributed by atoms with Crippen molar-refractivity contribution in [2.24, 2.45) is 0 Å². The first-order valence-electron chi connectivity index (χ1n) is 8.35. The predicted octanol–water partition coefficient (Wildman–Crippen LogP) is 0.891. The molecule has 0 saturated heterocycles. The van der Waals surface area contributed by atoms with Crippen molar-refractivity contribution in [2.75, 3.05) is 13.1 Å². The van der Waals surface area contributed by atoms with Crippen LogP contribution in [0.4, 0.5) is 4.79 Å². The van der Waals surface area contributed by atoms with Crippen LogP contribution in [0.15, 0.2) is 61.6 Å². The van der Waals surface area contributed by atoms with Gasteiger partial charge in [-0.1, -0.05) is 0 Å². The molecule has 3 aromatic heterocycles. The van der Waals surface area contributed by atoms with Gasteiger partial charge in [-0.25, -0.2) is 14.8 Å². The van der Waals surface area contributed by atoms with Crippen LogP contribution in [0.3, 0.4) is 0 Å². The second-order valence-electron chi connectivity index (χ2n) is 5.60. The van der Waals surface area contributed by atoms with Crippen molar-refractivity contribution in [3.8, 4) is 5.82 Å². The first kappa shape index (κ1) is 18.1. The second-order valence-corrected chi connectivity index (χ2v) is 5.60. The van der Waals surface area contributed by atoms with Crippen LogP contribution < -0.4 is 16.0 Å². The number of carbonyl (C=O) groups excluding carboxylic acids is 2. The van der Waals surface area contributed by atoms with Crippen LogP contribution >= 0.6 is 0 Å². The summed E-state index contributed by atoms with van der Waals surface area (Å²) in [6.07, 6.45) is 9.90. The van der Waals surface area contributed by atoms with Gasteiger partial charge in [-0.05, 0) is 29.8 Å². The van der Waals surface area contributed by atoms with E-state index in [1.54, 1.807) is 47.8 Å². The maximum absolute atomic E-state index is 11.9. The summed E-state index contributed by atoms with van der Waals surface area (Å²) in [5.41, 5.74) is 1.39. The lowest BCUT2D eigenvalue weighted by molar-refractivity contribution is 0.0953. The van der Waals surface area contributed by atoms with Gasteiger partial charge < -0.3 is 16.0 Å². The molecule has 0 aliphatic rings. The lowest BCUT2D eigenvalue weighted by Gasteiger charge is -2.09. The van der Waals surface area contributed by atoms with Crippen LogP contribution in [0.25, 0.3) is 5.82 Å². The zero-order valence-electron chi connectivity index (χ0n) is 14.5. The SMILES string of the molecule is O=C(NCCNC(=O)c1cccnc1)NCc1ccnc(-n2ccnc2)c1. The fourth-order valence-corrected chi connectivity index (χ4v) is 2.30. The zero-order chi connectivity index (χ0) is 18.9. The molecule has 138 valence electrons. The molecule has 0 spiro atoms. The Labute approximate surface area is 155 Å². The molecule has 0 bridgehead atoms. The first-order chi connectivity index (χ1) is 13.2. The van der Waals surface area contributed by atoms with Gasteiger partial charge >= 0.3 is 6.03 Å². The van der Waals surface area contributed by atoms with Gasteiger partial charge in [0.2, 0.25) is 0 Å². The first-order valence-corrected chi connectivity index (χ1v) is 8.35. The Balaban J connectivity index is 1.38. The van der Waals surface area contributed by atoms with Gasteiger partial charge in [0, 0.05) is 50.6 Å². The number of pyridine rings is 2. The highest BCUT2D eigenvalue weighted by atomic mass is 16.2. The molecular weight excluding hydrogens is 346 g/mol. The highest BCUT2D eigenvalue weighted by molar-refractivity contribution is 5.93. The molecule has 3 rings (SSSR count). The van der Waals surface area contributed by atoms with E-state index in [1.807, 2.05) is 12.1 Å². The number of nitrogens with one attached hydrogen (secondary N) is 3. The van der Waals surface area contributed by atoms with Gasteiger partial charge in [0.15, 0.2) is 0 Å². The van der Waals surface area contributed by atoms with E-state index in [1.165, 1.54) is 6.20 Å². The normalized spacial score (nSPS) is 10.2. The number of nitrogens with zero attached hydrogens (tertiary/aromatic N) is 4. The number of urea groups is 1. The molecule has 3 N–H and O–H groups in total. The van der Waals surface area contributed by atoms with Crippen molar-refractivity contribution < 1.29 is 9.59 Å². The average molecular weight is 365 g/mol. The Morgan fingerprint density at radius 3 is 2.67 bits per heavy atom. The third-order valence-electron chi connectivity index (χ3n) is 3.65. The average Bonchev–Trinajstić information content (AvgIpc) is 3.25. The zero-order valence-corrected chi connectivity index (χ0v) is 14.5. The molecule has 9 heteroatoms. The molecule has 0 unspecified atom stereocenters. The monoisotopic (exact) mass is 365 g/mol. The quantitative estimate of drug-likeness (QED) is 0.538. The number of carbonyl (C=O) groups is 2. The summed E-state index contributed by atoms with van der Waals surface area (Å²) in [6.45, 7) is 0.994. The van der Waals surface area contributed by atoms with Crippen molar-refractivity contribution in [3.63, 3.8) is 0 Å². The van der Waals surface area contributed by atoms with Crippen LogP contribution in [0.1, 0.15) is 15.9 Å². The van der Waals surface area contributed by atoms with Gasteiger partial charge in [-0.3, -0.25) is 14.3 Å². The Bertz CT molecular complexity index is 882. The van der Waals surface area contributed by atoms with Gasteiger partial charge in [0.05, 0.1) is 5.56 Å². The summed E-state index contributed by atoms with van der Waals surface area (Å²) in [7, 11) is 0. The van der Waals surface area contributed by atoms with Crippen molar-refractivity contribution in [2.45, 2.75) is 6.54 Å². The van der Waals surface area contributed by atoms with E-state index < -0.39 is 0 Å². The number of hydrogen-bond acceptors (Lipinski definition) is 5. The van der Waals surface area contributed by atoms with E-state index in [9.17, 15) is 9.59 Å². The van der Waals surface area contributed by atoms with Gasteiger partial charge in [0.1, 0.15) is 12.1 Å². The topological polar surface area (TPSA) is 114 Å². The van der Waals surface area contributed by atoms with Gasteiger partial charge in [0.25, 0.3) is 5.91 Å². The maximum Gasteiger partial charge on any atom is 0.315 e. The van der Waals surface area contributed by atoms with Crippen molar-refractivity contribution in [1.29, 1.82) is 0 Å². The van der Waals surface area contributed by atoms with Crippen molar-refractivity contribution in [3.05, 3.63) is 72.7 Å². The van der Waals surface area contributed by atoms with Crippen LogP contribution in [-0.4, -0.2) is 44.5 Å². The van der Waals surface area contributed by atoms with Crippen molar-refractivity contribution >= 4 is 11.9 Å². The van der Waals surface area contributed by atoms with E-state index in [0.717, 1.165) is 11.4 Å². The van der Waals surface area contributed by atoms with Gasteiger partial charge in [-0.2, -0.15) is 0 Å². The minimum absolute atomic E-state index is 0.228. The third kappa shape index (κ3) is 5.36. The van der Waals surface area contributed by atoms with Crippen LogP contribution in [0, 0.1) is 0 Å².